The highest BCUT2D eigenvalue weighted by atomic mass is 16.2. The Kier molecular flexibility index (Phi) is 5.78. The molecule has 0 atom stereocenters. The van der Waals surface area contributed by atoms with Gasteiger partial charge >= 0.3 is 0 Å². The first kappa shape index (κ1) is 20.8. The van der Waals surface area contributed by atoms with Crippen LogP contribution < -0.4 is 5.56 Å². The summed E-state index contributed by atoms with van der Waals surface area (Å²) in [6.45, 7) is 9.80. The van der Waals surface area contributed by atoms with Crippen LogP contribution in [0.2, 0.25) is 0 Å². The minimum absolute atomic E-state index is 0.0163. The predicted molar refractivity (Wildman–Crippen MR) is 117 cm³/mol. The maximum Gasteiger partial charge on any atom is 0.254 e. The zero-order valence-electron chi connectivity index (χ0n) is 18.3. The smallest absolute Gasteiger partial charge is 0.254 e. The molecule has 1 saturated heterocycles. The number of nitrogens with zero attached hydrogens (tertiary/aromatic N) is 3. The van der Waals surface area contributed by atoms with Crippen molar-refractivity contribution in [1.82, 2.24) is 19.8 Å². The van der Waals surface area contributed by atoms with Gasteiger partial charge in [-0.25, -0.2) is 4.98 Å². The molecule has 3 heterocycles. The number of carbonyl (C=O) groups is 1. The van der Waals surface area contributed by atoms with Gasteiger partial charge in [-0.05, 0) is 24.8 Å². The molecule has 0 bridgehead atoms. The van der Waals surface area contributed by atoms with Crippen molar-refractivity contribution in [3.8, 4) is 0 Å². The van der Waals surface area contributed by atoms with Crippen molar-refractivity contribution < 1.29 is 4.79 Å². The van der Waals surface area contributed by atoms with Gasteiger partial charge in [0.05, 0.1) is 5.69 Å². The van der Waals surface area contributed by atoms with E-state index >= 15 is 0 Å². The Balaban J connectivity index is 1.46. The van der Waals surface area contributed by atoms with Crippen molar-refractivity contribution >= 4 is 5.91 Å². The minimum Gasteiger partial charge on any atom is -0.342 e. The maximum absolute atomic E-state index is 12.7. The van der Waals surface area contributed by atoms with E-state index < -0.39 is 0 Å². The molecule has 2 aliphatic rings. The molecule has 0 spiro atoms. The van der Waals surface area contributed by atoms with Crippen LogP contribution in [0.25, 0.3) is 0 Å². The number of likely N-dealkylation sites (tertiary alicyclic amines) is 1. The van der Waals surface area contributed by atoms with E-state index in [1.54, 1.807) is 0 Å². The van der Waals surface area contributed by atoms with E-state index in [1.807, 2.05) is 31.7 Å². The number of amides is 1. The van der Waals surface area contributed by atoms with Crippen molar-refractivity contribution in [3.63, 3.8) is 0 Å². The summed E-state index contributed by atoms with van der Waals surface area (Å²) in [5.41, 5.74) is 2.70. The average Bonchev–Trinajstić information content (AvgIpc) is 2.73. The number of carbonyl (C=O) groups excluding carboxylic acids is 1. The van der Waals surface area contributed by atoms with E-state index in [4.69, 9.17) is 4.98 Å². The molecule has 0 unspecified atom stereocenters. The number of hydrogen-bond acceptors (Lipinski definition) is 4. The van der Waals surface area contributed by atoms with E-state index in [9.17, 15) is 9.59 Å². The second kappa shape index (κ2) is 8.34. The number of H-pyrrole nitrogens is 1. The van der Waals surface area contributed by atoms with E-state index in [1.165, 1.54) is 5.56 Å². The molecule has 1 fully saturated rings. The van der Waals surface area contributed by atoms with Gasteiger partial charge in [-0.1, -0.05) is 51.1 Å². The van der Waals surface area contributed by atoms with Crippen LogP contribution in [0.4, 0.5) is 0 Å². The fourth-order valence-electron chi connectivity index (χ4n) is 4.51. The van der Waals surface area contributed by atoms with Crippen LogP contribution in [0.1, 0.15) is 62.2 Å². The van der Waals surface area contributed by atoms with Gasteiger partial charge in [0.2, 0.25) is 5.91 Å². The van der Waals surface area contributed by atoms with Crippen molar-refractivity contribution in [2.45, 2.75) is 59.0 Å². The number of hydrogen-bond donors (Lipinski definition) is 1. The molecule has 6 nitrogen and oxygen atoms in total. The van der Waals surface area contributed by atoms with Crippen LogP contribution in [0.15, 0.2) is 35.1 Å². The average molecular weight is 409 g/mol. The van der Waals surface area contributed by atoms with Gasteiger partial charge in [-0.15, -0.1) is 0 Å². The molecule has 1 aromatic carbocycles. The minimum atomic E-state index is -0.354. The molecule has 2 aromatic rings. The van der Waals surface area contributed by atoms with Gasteiger partial charge < -0.3 is 9.88 Å². The predicted octanol–water partition coefficient (Wildman–Crippen LogP) is 3.08. The number of aromatic nitrogens is 2. The van der Waals surface area contributed by atoms with E-state index in [0.717, 1.165) is 62.5 Å². The molecule has 30 heavy (non-hydrogen) atoms. The quantitative estimate of drug-likeness (QED) is 0.847. The summed E-state index contributed by atoms with van der Waals surface area (Å²) in [4.78, 5) is 37.5. The molecule has 1 N–H and O–H groups in total. The van der Waals surface area contributed by atoms with Crippen LogP contribution >= 0.6 is 0 Å². The van der Waals surface area contributed by atoms with Crippen LogP contribution in [-0.4, -0.2) is 45.3 Å². The summed E-state index contributed by atoms with van der Waals surface area (Å²) >= 11 is 0. The van der Waals surface area contributed by atoms with Crippen molar-refractivity contribution in [3.05, 3.63) is 63.3 Å². The molecular weight excluding hydrogens is 376 g/mol. The topological polar surface area (TPSA) is 69.3 Å². The van der Waals surface area contributed by atoms with E-state index in [0.29, 0.717) is 6.54 Å². The SMILES string of the molecule is CC(C)(C)C(=O)N1CCC(c2nc3c(c(=O)[nH]2)CCN(Cc2ccccc2)C3)CC1. The Hall–Kier alpha value is -2.47. The lowest BCUT2D eigenvalue weighted by Crippen LogP contribution is -2.44. The number of benzene rings is 1. The molecular formula is C24H32N4O2. The third-order valence-electron chi connectivity index (χ3n) is 6.23. The van der Waals surface area contributed by atoms with Crippen LogP contribution in [0.5, 0.6) is 0 Å². The van der Waals surface area contributed by atoms with Gasteiger partial charge in [-0.3, -0.25) is 14.5 Å². The first-order valence-corrected chi connectivity index (χ1v) is 11.0. The van der Waals surface area contributed by atoms with Gasteiger partial charge in [0.15, 0.2) is 0 Å². The third kappa shape index (κ3) is 4.48. The lowest BCUT2D eigenvalue weighted by atomic mass is 9.90. The lowest BCUT2D eigenvalue weighted by molar-refractivity contribution is -0.140. The van der Waals surface area contributed by atoms with Gasteiger partial charge in [-0.2, -0.15) is 0 Å². The first-order chi connectivity index (χ1) is 14.3. The molecule has 0 saturated carbocycles. The van der Waals surface area contributed by atoms with Crippen LogP contribution in [0.3, 0.4) is 0 Å². The molecule has 2 aliphatic heterocycles. The maximum atomic E-state index is 12.7. The Morgan fingerprint density at radius 2 is 1.83 bits per heavy atom. The zero-order chi connectivity index (χ0) is 21.3. The third-order valence-corrected chi connectivity index (χ3v) is 6.23. The van der Waals surface area contributed by atoms with Crippen LogP contribution in [-0.2, 0) is 24.3 Å². The number of aromatic amines is 1. The van der Waals surface area contributed by atoms with Crippen molar-refractivity contribution in [2.24, 2.45) is 5.41 Å². The summed E-state index contributed by atoms with van der Waals surface area (Å²) in [5.74, 6) is 1.20. The number of rotatable bonds is 3. The second-order valence-corrected chi connectivity index (χ2v) is 9.64. The van der Waals surface area contributed by atoms with Gasteiger partial charge in [0.25, 0.3) is 5.56 Å². The molecule has 6 heteroatoms. The normalized spacial score (nSPS) is 18.3. The fourth-order valence-corrected chi connectivity index (χ4v) is 4.51. The second-order valence-electron chi connectivity index (χ2n) is 9.64. The molecule has 0 aliphatic carbocycles. The molecule has 1 amide bonds. The summed E-state index contributed by atoms with van der Waals surface area (Å²) in [7, 11) is 0. The Bertz CT molecular complexity index is 953. The highest BCUT2D eigenvalue weighted by molar-refractivity contribution is 5.81. The molecule has 4 rings (SSSR count). The number of piperidine rings is 1. The largest absolute Gasteiger partial charge is 0.342 e. The zero-order valence-corrected chi connectivity index (χ0v) is 18.3. The number of fused-ring (bicyclic) bond motifs is 1. The number of nitrogens with one attached hydrogen (secondary N) is 1. The Labute approximate surface area is 178 Å². The summed E-state index contributed by atoms with van der Waals surface area (Å²) in [5, 5.41) is 0. The lowest BCUT2D eigenvalue weighted by Gasteiger charge is -2.35. The fraction of sp³-hybridized carbons (Fsp3) is 0.542. The summed E-state index contributed by atoms with van der Waals surface area (Å²) in [6, 6.07) is 10.4. The standard InChI is InChI=1S/C24H32N4O2/c1-24(2,3)23(30)28-13-9-18(10-14-28)21-25-20-16-27(12-11-19(20)22(29)26-21)15-17-7-5-4-6-8-17/h4-8,18H,9-16H2,1-3H3,(H,25,26,29). The van der Waals surface area contributed by atoms with Crippen molar-refractivity contribution in [2.75, 3.05) is 19.6 Å². The van der Waals surface area contributed by atoms with Gasteiger partial charge in [0, 0.05) is 49.6 Å². The highest BCUT2D eigenvalue weighted by Gasteiger charge is 2.32. The van der Waals surface area contributed by atoms with Crippen molar-refractivity contribution in [1.29, 1.82) is 0 Å². The van der Waals surface area contributed by atoms with E-state index in [-0.39, 0.29) is 22.8 Å². The van der Waals surface area contributed by atoms with E-state index in [2.05, 4.69) is 34.1 Å². The summed E-state index contributed by atoms with van der Waals surface area (Å²) in [6.07, 6.45) is 2.43. The molecule has 0 radical (unpaired) electrons. The monoisotopic (exact) mass is 408 g/mol. The molecule has 1 aromatic heterocycles. The Morgan fingerprint density at radius 3 is 2.50 bits per heavy atom. The summed E-state index contributed by atoms with van der Waals surface area (Å²) < 4.78 is 0. The first-order valence-electron chi connectivity index (χ1n) is 11.0. The highest BCUT2D eigenvalue weighted by Crippen LogP contribution is 2.29. The Morgan fingerprint density at radius 1 is 1.13 bits per heavy atom. The van der Waals surface area contributed by atoms with Gasteiger partial charge in [0.1, 0.15) is 5.82 Å². The van der Waals surface area contributed by atoms with Crippen LogP contribution in [0, 0.1) is 5.41 Å². The molecule has 160 valence electrons.